The molecule has 0 radical (unpaired) electrons. The Hall–Kier alpha value is -1.72. The summed E-state index contributed by atoms with van der Waals surface area (Å²) in [5, 5.41) is 3.33. The molecule has 2 rings (SSSR count). The average molecular weight is 370 g/mol. The van der Waals surface area contributed by atoms with Crippen LogP contribution >= 0.6 is 27.5 Å². The van der Waals surface area contributed by atoms with Gasteiger partial charge in [0.15, 0.2) is 0 Å². The molecule has 4 nitrogen and oxygen atoms in total. The number of anilines is 1. The Bertz CT molecular complexity index is 649. The zero-order valence-electron chi connectivity index (χ0n) is 11.1. The van der Waals surface area contributed by atoms with Gasteiger partial charge < -0.3 is 15.8 Å². The molecule has 0 aliphatic carbocycles. The van der Waals surface area contributed by atoms with Crippen LogP contribution in [0.25, 0.3) is 0 Å². The molecule has 0 saturated carbocycles. The Balaban J connectivity index is 1.82. The molecule has 3 N–H and O–H groups in total. The molecule has 0 aliphatic heterocycles. The first-order valence-electron chi connectivity index (χ1n) is 6.28. The normalized spacial score (nSPS) is 10.2. The second kappa shape index (κ2) is 7.33. The third-order valence-corrected chi connectivity index (χ3v) is 3.96. The van der Waals surface area contributed by atoms with Gasteiger partial charge in [-0.15, -0.1) is 0 Å². The van der Waals surface area contributed by atoms with Crippen molar-refractivity contribution in [2.45, 2.75) is 0 Å². The predicted molar refractivity (Wildman–Crippen MR) is 87.8 cm³/mol. The summed E-state index contributed by atoms with van der Waals surface area (Å²) < 4.78 is 6.18. The van der Waals surface area contributed by atoms with E-state index in [1.165, 1.54) is 0 Å². The Morgan fingerprint density at radius 2 is 2.05 bits per heavy atom. The van der Waals surface area contributed by atoms with E-state index in [0.717, 1.165) is 0 Å². The summed E-state index contributed by atoms with van der Waals surface area (Å²) in [4.78, 5) is 11.9. The van der Waals surface area contributed by atoms with Crippen molar-refractivity contribution in [3.8, 4) is 5.75 Å². The predicted octanol–water partition coefficient (Wildman–Crippen LogP) is 3.49. The number of para-hydroxylation sites is 2. The quantitative estimate of drug-likeness (QED) is 0.626. The molecule has 0 bridgehead atoms. The van der Waals surface area contributed by atoms with Crippen molar-refractivity contribution in [2.24, 2.45) is 0 Å². The number of benzene rings is 2. The largest absolute Gasteiger partial charge is 0.490 e. The number of amides is 1. The summed E-state index contributed by atoms with van der Waals surface area (Å²) in [5.74, 6) is 0.429. The minimum atomic E-state index is -0.183. The molecule has 0 fully saturated rings. The lowest BCUT2D eigenvalue weighted by Gasteiger charge is -2.09. The Morgan fingerprint density at radius 1 is 1.29 bits per heavy atom. The number of ether oxygens (including phenoxy) is 1. The van der Waals surface area contributed by atoms with Crippen molar-refractivity contribution < 1.29 is 9.53 Å². The van der Waals surface area contributed by atoms with Crippen molar-refractivity contribution in [1.82, 2.24) is 5.32 Å². The maximum Gasteiger partial charge on any atom is 0.251 e. The molecule has 2 aromatic rings. The Labute approximate surface area is 136 Å². The van der Waals surface area contributed by atoms with Crippen molar-refractivity contribution in [3.63, 3.8) is 0 Å². The molecule has 21 heavy (non-hydrogen) atoms. The number of hydrogen-bond donors (Lipinski definition) is 2. The van der Waals surface area contributed by atoms with Crippen molar-refractivity contribution in [3.05, 3.63) is 57.5 Å². The first-order valence-corrected chi connectivity index (χ1v) is 7.45. The van der Waals surface area contributed by atoms with Crippen LogP contribution in [0.4, 0.5) is 5.69 Å². The number of carbonyl (C=O) groups is 1. The Morgan fingerprint density at radius 3 is 2.76 bits per heavy atom. The monoisotopic (exact) mass is 368 g/mol. The second-order valence-electron chi connectivity index (χ2n) is 4.27. The summed E-state index contributed by atoms with van der Waals surface area (Å²) in [5.41, 5.74) is 6.86. The fourth-order valence-electron chi connectivity index (χ4n) is 1.68. The van der Waals surface area contributed by atoms with Crippen LogP contribution in [0.2, 0.25) is 5.02 Å². The fraction of sp³-hybridized carbons (Fsp3) is 0.133. The molecule has 110 valence electrons. The summed E-state index contributed by atoms with van der Waals surface area (Å²) in [6.07, 6.45) is 0. The molecule has 0 aromatic heterocycles. The SMILES string of the molecule is Nc1ccccc1OCCNC(=O)c1ccc(Cl)c(Br)c1. The molecule has 0 atom stereocenters. The topological polar surface area (TPSA) is 64.3 Å². The van der Waals surface area contributed by atoms with Crippen LogP contribution in [0.3, 0.4) is 0 Å². The van der Waals surface area contributed by atoms with Crippen LogP contribution < -0.4 is 15.8 Å². The average Bonchev–Trinajstić information content (AvgIpc) is 2.48. The van der Waals surface area contributed by atoms with E-state index in [9.17, 15) is 4.79 Å². The molecule has 0 spiro atoms. The van der Waals surface area contributed by atoms with Gasteiger partial charge in [-0.2, -0.15) is 0 Å². The maximum absolute atomic E-state index is 11.9. The fourth-order valence-corrected chi connectivity index (χ4v) is 2.17. The third kappa shape index (κ3) is 4.37. The lowest BCUT2D eigenvalue weighted by molar-refractivity contribution is 0.0947. The first kappa shape index (κ1) is 15.7. The molecule has 0 saturated heterocycles. The molecule has 6 heteroatoms. The van der Waals surface area contributed by atoms with Crippen LogP contribution in [0, 0.1) is 0 Å². The minimum absolute atomic E-state index is 0.183. The summed E-state index contributed by atoms with van der Waals surface area (Å²) in [6.45, 7) is 0.724. The van der Waals surface area contributed by atoms with Gasteiger partial charge >= 0.3 is 0 Å². The minimum Gasteiger partial charge on any atom is -0.490 e. The molecular formula is C15H14BrClN2O2. The third-order valence-electron chi connectivity index (χ3n) is 2.75. The number of carbonyl (C=O) groups excluding carboxylic acids is 1. The van der Waals surface area contributed by atoms with Gasteiger partial charge in [-0.25, -0.2) is 0 Å². The first-order chi connectivity index (χ1) is 10.1. The van der Waals surface area contributed by atoms with Gasteiger partial charge in [0.25, 0.3) is 5.91 Å². The van der Waals surface area contributed by atoms with E-state index in [1.54, 1.807) is 30.3 Å². The number of rotatable bonds is 5. The van der Waals surface area contributed by atoms with Gasteiger partial charge in [0.05, 0.1) is 17.3 Å². The van der Waals surface area contributed by atoms with E-state index < -0.39 is 0 Å². The number of halogens is 2. The highest BCUT2D eigenvalue weighted by atomic mass is 79.9. The second-order valence-corrected chi connectivity index (χ2v) is 5.53. The number of nitrogens with one attached hydrogen (secondary N) is 1. The van der Waals surface area contributed by atoms with E-state index in [0.29, 0.717) is 39.6 Å². The van der Waals surface area contributed by atoms with E-state index in [-0.39, 0.29) is 5.91 Å². The zero-order chi connectivity index (χ0) is 15.2. The smallest absolute Gasteiger partial charge is 0.251 e. The van der Waals surface area contributed by atoms with Crippen LogP contribution in [-0.2, 0) is 0 Å². The highest BCUT2D eigenvalue weighted by Gasteiger charge is 2.07. The van der Waals surface area contributed by atoms with Crippen LogP contribution in [-0.4, -0.2) is 19.1 Å². The van der Waals surface area contributed by atoms with Gasteiger partial charge in [-0.1, -0.05) is 23.7 Å². The molecular weight excluding hydrogens is 356 g/mol. The standard InChI is InChI=1S/C15H14BrClN2O2/c16-11-9-10(5-6-12(11)17)15(20)19-7-8-21-14-4-2-1-3-13(14)18/h1-6,9H,7-8,18H2,(H,19,20). The van der Waals surface area contributed by atoms with Crippen molar-refractivity contribution in [2.75, 3.05) is 18.9 Å². The molecule has 0 aliphatic rings. The van der Waals surface area contributed by atoms with Gasteiger partial charge in [0.1, 0.15) is 12.4 Å². The lowest BCUT2D eigenvalue weighted by atomic mass is 10.2. The molecule has 0 heterocycles. The highest BCUT2D eigenvalue weighted by Crippen LogP contribution is 2.23. The van der Waals surface area contributed by atoms with Crippen LogP contribution in [0.1, 0.15) is 10.4 Å². The van der Waals surface area contributed by atoms with Crippen LogP contribution in [0.15, 0.2) is 46.9 Å². The number of nitrogen functional groups attached to an aromatic ring is 1. The van der Waals surface area contributed by atoms with Gasteiger partial charge in [0.2, 0.25) is 0 Å². The number of hydrogen-bond acceptors (Lipinski definition) is 3. The molecule has 0 unspecified atom stereocenters. The zero-order valence-corrected chi connectivity index (χ0v) is 13.4. The van der Waals surface area contributed by atoms with Crippen molar-refractivity contribution in [1.29, 1.82) is 0 Å². The van der Waals surface area contributed by atoms with Crippen LogP contribution in [0.5, 0.6) is 5.75 Å². The highest BCUT2D eigenvalue weighted by molar-refractivity contribution is 9.10. The van der Waals surface area contributed by atoms with E-state index in [2.05, 4.69) is 21.2 Å². The van der Waals surface area contributed by atoms with Gasteiger partial charge in [-0.3, -0.25) is 4.79 Å². The van der Waals surface area contributed by atoms with Gasteiger partial charge in [-0.05, 0) is 46.3 Å². The van der Waals surface area contributed by atoms with Crippen molar-refractivity contribution >= 4 is 39.1 Å². The maximum atomic E-state index is 11.9. The van der Waals surface area contributed by atoms with Gasteiger partial charge in [0, 0.05) is 10.0 Å². The summed E-state index contributed by atoms with van der Waals surface area (Å²) in [6, 6.07) is 12.2. The lowest BCUT2D eigenvalue weighted by Crippen LogP contribution is -2.28. The molecule has 1 amide bonds. The van der Waals surface area contributed by atoms with E-state index in [4.69, 9.17) is 22.1 Å². The molecule has 2 aromatic carbocycles. The summed E-state index contributed by atoms with van der Waals surface area (Å²) >= 11 is 9.17. The Kier molecular flexibility index (Phi) is 5.47. The summed E-state index contributed by atoms with van der Waals surface area (Å²) in [7, 11) is 0. The number of nitrogens with two attached hydrogens (primary N) is 1. The van der Waals surface area contributed by atoms with E-state index in [1.807, 2.05) is 12.1 Å². The van der Waals surface area contributed by atoms with E-state index >= 15 is 0 Å².